The largest absolute Gasteiger partial charge is 0.497 e. The van der Waals surface area contributed by atoms with Crippen LogP contribution in [0.3, 0.4) is 0 Å². The van der Waals surface area contributed by atoms with Gasteiger partial charge in [-0.1, -0.05) is 38.1 Å². The molecule has 1 amide bonds. The molecule has 23 heavy (non-hydrogen) atoms. The number of nitrogens with zero attached hydrogens (tertiary/aromatic N) is 1. The summed E-state index contributed by atoms with van der Waals surface area (Å²) in [6.45, 7) is 6.19. The Labute approximate surface area is 137 Å². The lowest BCUT2D eigenvalue weighted by Crippen LogP contribution is -2.19. The molecule has 0 aliphatic carbocycles. The molecule has 0 aromatic heterocycles. The maximum Gasteiger partial charge on any atom is 0.271 e. The predicted octanol–water partition coefficient (Wildman–Crippen LogP) is 3.97. The summed E-state index contributed by atoms with van der Waals surface area (Å²) >= 11 is 0. The fraction of sp³-hybridized carbons (Fsp3) is 0.263. The van der Waals surface area contributed by atoms with Gasteiger partial charge in [0.1, 0.15) is 5.75 Å². The molecule has 4 heteroatoms. The second-order valence-corrected chi connectivity index (χ2v) is 5.64. The first-order valence-corrected chi connectivity index (χ1v) is 7.60. The Morgan fingerprint density at radius 1 is 1.00 bits per heavy atom. The molecule has 2 aromatic rings. The average molecular weight is 310 g/mol. The van der Waals surface area contributed by atoms with E-state index in [4.69, 9.17) is 4.74 Å². The molecule has 0 aliphatic heterocycles. The zero-order valence-electron chi connectivity index (χ0n) is 14.0. The number of amides is 1. The third kappa shape index (κ3) is 4.42. The van der Waals surface area contributed by atoms with Crippen molar-refractivity contribution in [1.29, 1.82) is 0 Å². The highest BCUT2D eigenvalue weighted by atomic mass is 16.5. The van der Waals surface area contributed by atoms with Crippen molar-refractivity contribution in [3.05, 3.63) is 65.2 Å². The Kier molecular flexibility index (Phi) is 5.52. The fourth-order valence-corrected chi connectivity index (χ4v) is 2.12. The molecule has 0 fully saturated rings. The van der Waals surface area contributed by atoms with Crippen LogP contribution in [0, 0.1) is 0 Å². The number of benzene rings is 2. The van der Waals surface area contributed by atoms with Crippen molar-refractivity contribution >= 4 is 11.6 Å². The van der Waals surface area contributed by atoms with Crippen LogP contribution in [0.4, 0.5) is 0 Å². The van der Waals surface area contributed by atoms with Gasteiger partial charge in [-0.15, -0.1) is 0 Å². The molecule has 0 heterocycles. The van der Waals surface area contributed by atoms with Crippen LogP contribution in [-0.4, -0.2) is 18.7 Å². The zero-order valence-corrected chi connectivity index (χ0v) is 14.0. The lowest BCUT2D eigenvalue weighted by atomic mass is 10.0. The van der Waals surface area contributed by atoms with Gasteiger partial charge < -0.3 is 4.74 Å². The minimum atomic E-state index is -0.245. The van der Waals surface area contributed by atoms with E-state index in [-0.39, 0.29) is 5.91 Å². The number of ether oxygens (including phenoxy) is 1. The minimum Gasteiger partial charge on any atom is -0.497 e. The summed E-state index contributed by atoms with van der Waals surface area (Å²) in [5.41, 5.74) is 6.16. The Balaban J connectivity index is 2.04. The molecule has 0 aliphatic rings. The van der Waals surface area contributed by atoms with Crippen molar-refractivity contribution in [2.45, 2.75) is 26.7 Å². The van der Waals surface area contributed by atoms with Crippen molar-refractivity contribution in [2.75, 3.05) is 7.11 Å². The highest BCUT2D eigenvalue weighted by molar-refractivity contribution is 6.00. The Morgan fingerprint density at radius 2 is 1.57 bits per heavy atom. The standard InChI is InChI=1S/C19H22N2O2/c1-13(2)15-5-7-16(8-6-15)14(3)20-21-19(22)17-9-11-18(23-4)12-10-17/h5-13H,1-4H3,(H,21,22). The second-order valence-electron chi connectivity index (χ2n) is 5.64. The first-order valence-electron chi connectivity index (χ1n) is 7.60. The highest BCUT2D eigenvalue weighted by Crippen LogP contribution is 2.15. The van der Waals surface area contributed by atoms with Gasteiger partial charge in [-0.3, -0.25) is 4.79 Å². The van der Waals surface area contributed by atoms with E-state index in [1.165, 1.54) is 5.56 Å². The van der Waals surface area contributed by atoms with Crippen molar-refractivity contribution < 1.29 is 9.53 Å². The summed E-state index contributed by atoms with van der Waals surface area (Å²) in [5.74, 6) is 0.966. The van der Waals surface area contributed by atoms with E-state index in [2.05, 4.69) is 36.5 Å². The molecule has 2 rings (SSSR count). The van der Waals surface area contributed by atoms with Gasteiger partial charge in [0.15, 0.2) is 0 Å². The third-order valence-corrected chi connectivity index (χ3v) is 3.67. The first-order chi connectivity index (χ1) is 11.0. The number of hydrogen-bond acceptors (Lipinski definition) is 3. The normalized spacial score (nSPS) is 11.4. The molecule has 0 saturated heterocycles. The van der Waals surface area contributed by atoms with Gasteiger partial charge >= 0.3 is 0 Å². The number of carbonyl (C=O) groups is 1. The monoisotopic (exact) mass is 310 g/mol. The van der Waals surface area contributed by atoms with E-state index in [0.29, 0.717) is 17.2 Å². The van der Waals surface area contributed by atoms with E-state index >= 15 is 0 Å². The topological polar surface area (TPSA) is 50.7 Å². The molecule has 0 bridgehead atoms. The zero-order chi connectivity index (χ0) is 16.8. The summed E-state index contributed by atoms with van der Waals surface area (Å²) in [5, 5.41) is 4.17. The average Bonchev–Trinajstić information content (AvgIpc) is 2.59. The molecule has 2 aromatic carbocycles. The van der Waals surface area contributed by atoms with Crippen LogP contribution in [-0.2, 0) is 0 Å². The van der Waals surface area contributed by atoms with Gasteiger partial charge in [0, 0.05) is 5.56 Å². The summed E-state index contributed by atoms with van der Waals surface area (Å²) in [7, 11) is 1.59. The maximum atomic E-state index is 12.1. The van der Waals surface area contributed by atoms with Crippen LogP contribution >= 0.6 is 0 Å². The number of hydrogen-bond donors (Lipinski definition) is 1. The highest BCUT2D eigenvalue weighted by Gasteiger charge is 2.06. The molecule has 120 valence electrons. The number of rotatable bonds is 5. The maximum absolute atomic E-state index is 12.1. The Hall–Kier alpha value is -2.62. The molecule has 0 spiro atoms. The molecular formula is C19H22N2O2. The van der Waals surface area contributed by atoms with Gasteiger partial charge in [-0.25, -0.2) is 5.43 Å². The second kappa shape index (κ2) is 7.58. The van der Waals surface area contributed by atoms with Crippen molar-refractivity contribution in [3.8, 4) is 5.75 Å². The molecule has 4 nitrogen and oxygen atoms in total. The minimum absolute atomic E-state index is 0.245. The molecular weight excluding hydrogens is 288 g/mol. The van der Waals surface area contributed by atoms with Gasteiger partial charge in [-0.2, -0.15) is 5.10 Å². The van der Waals surface area contributed by atoms with Crippen molar-refractivity contribution in [2.24, 2.45) is 5.10 Å². The van der Waals surface area contributed by atoms with Gasteiger partial charge in [0.2, 0.25) is 0 Å². The van der Waals surface area contributed by atoms with E-state index in [1.54, 1.807) is 31.4 Å². The molecule has 0 saturated carbocycles. The van der Waals surface area contributed by atoms with Crippen LogP contribution in [0.1, 0.15) is 48.2 Å². The van der Waals surface area contributed by atoms with E-state index < -0.39 is 0 Å². The molecule has 1 N–H and O–H groups in total. The lowest BCUT2D eigenvalue weighted by molar-refractivity contribution is 0.0955. The third-order valence-electron chi connectivity index (χ3n) is 3.67. The van der Waals surface area contributed by atoms with E-state index in [9.17, 15) is 4.79 Å². The first kappa shape index (κ1) is 16.7. The van der Waals surface area contributed by atoms with Crippen LogP contribution in [0.25, 0.3) is 0 Å². The summed E-state index contributed by atoms with van der Waals surface area (Å²) in [4.78, 5) is 12.1. The Bertz CT molecular complexity index is 686. The van der Waals surface area contributed by atoms with Crippen LogP contribution < -0.4 is 10.2 Å². The summed E-state index contributed by atoms with van der Waals surface area (Å²) in [6, 6.07) is 15.1. The van der Waals surface area contributed by atoms with Gasteiger partial charge in [-0.05, 0) is 48.2 Å². The van der Waals surface area contributed by atoms with Gasteiger partial charge in [0.25, 0.3) is 5.91 Å². The van der Waals surface area contributed by atoms with Crippen LogP contribution in [0.15, 0.2) is 53.6 Å². The number of methoxy groups -OCH3 is 1. The number of nitrogens with one attached hydrogen (secondary N) is 1. The molecule has 0 unspecified atom stereocenters. The van der Waals surface area contributed by atoms with Crippen molar-refractivity contribution in [1.82, 2.24) is 5.43 Å². The predicted molar refractivity (Wildman–Crippen MR) is 93.2 cm³/mol. The Morgan fingerprint density at radius 3 is 2.09 bits per heavy atom. The summed E-state index contributed by atoms with van der Waals surface area (Å²) < 4.78 is 5.07. The molecule has 0 radical (unpaired) electrons. The lowest BCUT2D eigenvalue weighted by Gasteiger charge is -2.07. The van der Waals surface area contributed by atoms with E-state index in [0.717, 1.165) is 11.3 Å². The van der Waals surface area contributed by atoms with Crippen LogP contribution in [0.2, 0.25) is 0 Å². The fourth-order valence-electron chi connectivity index (χ4n) is 2.12. The smallest absolute Gasteiger partial charge is 0.271 e. The van der Waals surface area contributed by atoms with Gasteiger partial charge in [0.05, 0.1) is 12.8 Å². The number of hydrazone groups is 1. The molecule has 0 atom stereocenters. The quantitative estimate of drug-likeness (QED) is 0.671. The van der Waals surface area contributed by atoms with Crippen LogP contribution in [0.5, 0.6) is 5.75 Å². The van der Waals surface area contributed by atoms with Crippen molar-refractivity contribution in [3.63, 3.8) is 0 Å². The number of carbonyl (C=O) groups excluding carboxylic acids is 1. The van der Waals surface area contributed by atoms with E-state index in [1.807, 2.05) is 19.1 Å². The SMILES string of the molecule is COc1ccc(C(=O)NN=C(C)c2ccc(C(C)C)cc2)cc1. The summed E-state index contributed by atoms with van der Waals surface area (Å²) in [6.07, 6.45) is 0.